The minimum Gasteiger partial charge on any atom is -0.319 e. The topological polar surface area (TPSA) is 46.2 Å². The molecule has 0 fully saturated rings. The third-order valence-electron chi connectivity index (χ3n) is 4.16. The molecule has 4 heteroatoms. The van der Waals surface area contributed by atoms with Crippen LogP contribution in [0.5, 0.6) is 0 Å². The Balaban J connectivity index is 3.02. The van der Waals surface area contributed by atoms with Crippen molar-refractivity contribution < 1.29 is 8.42 Å². The summed E-state index contributed by atoms with van der Waals surface area (Å²) < 4.78 is 24.2. The second-order valence-corrected chi connectivity index (χ2v) is 8.37. The second kappa shape index (κ2) is 7.23. The summed E-state index contributed by atoms with van der Waals surface area (Å²) in [7, 11) is -1.07. The Morgan fingerprint density at radius 1 is 1.20 bits per heavy atom. The van der Waals surface area contributed by atoms with Gasteiger partial charge in [-0.25, -0.2) is 8.42 Å². The van der Waals surface area contributed by atoms with Gasteiger partial charge in [-0.05, 0) is 39.3 Å². The van der Waals surface area contributed by atoms with Gasteiger partial charge in [0.2, 0.25) is 0 Å². The van der Waals surface area contributed by atoms with Gasteiger partial charge < -0.3 is 5.32 Å². The molecule has 0 amide bonds. The Kier molecular flexibility index (Phi) is 6.21. The van der Waals surface area contributed by atoms with Crippen LogP contribution in [0.15, 0.2) is 30.3 Å². The molecule has 0 aliphatic carbocycles. The minimum absolute atomic E-state index is 0.113. The zero-order valence-electron chi connectivity index (χ0n) is 13.0. The van der Waals surface area contributed by atoms with Crippen molar-refractivity contribution in [3.63, 3.8) is 0 Å². The van der Waals surface area contributed by atoms with Crippen LogP contribution < -0.4 is 5.32 Å². The first-order chi connectivity index (χ1) is 9.38. The monoisotopic (exact) mass is 297 g/mol. The average Bonchev–Trinajstić information content (AvgIpc) is 2.44. The highest BCUT2D eigenvalue weighted by molar-refractivity contribution is 7.91. The average molecular weight is 297 g/mol. The maximum Gasteiger partial charge on any atom is 0.152 e. The van der Waals surface area contributed by atoms with Crippen molar-refractivity contribution in [3.8, 4) is 0 Å². The molecule has 0 spiro atoms. The van der Waals surface area contributed by atoms with E-state index < -0.39 is 9.84 Å². The van der Waals surface area contributed by atoms with Crippen molar-refractivity contribution in [2.45, 2.75) is 44.3 Å². The van der Waals surface area contributed by atoms with Gasteiger partial charge in [0.25, 0.3) is 0 Å². The predicted molar refractivity (Wildman–Crippen MR) is 85.9 cm³/mol. The van der Waals surface area contributed by atoms with E-state index in [1.54, 1.807) is 13.8 Å². The second-order valence-electron chi connectivity index (χ2n) is 5.70. The fraction of sp³-hybridized carbons (Fsp3) is 0.625. The van der Waals surface area contributed by atoms with Gasteiger partial charge in [-0.1, -0.05) is 37.3 Å². The molecule has 0 saturated heterocycles. The minimum atomic E-state index is -3.00. The molecule has 0 aliphatic heterocycles. The molecule has 3 nitrogen and oxygen atoms in total. The maximum absolute atomic E-state index is 12.1. The van der Waals surface area contributed by atoms with E-state index >= 15 is 0 Å². The Morgan fingerprint density at radius 3 is 2.25 bits per heavy atom. The summed E-state index contributed by atoms with van der Waals surface area (Å²) in [5.41, 5.74) is 1.11. The van der Waals surface area contributed by atoms with Crippen molar-refractivity contribution in [2.24, 2.45) is 0 Å². The molecule has 0 aromatic heterocycles. The summed E-state index contributed by atoms with van der Waals surface area (Å²) in [6, 6.07) is 10.2. The van der Waals surface area contributed by atoms with Gasteiger partial charge in [-0.15, -0.1) is 0 Å². The zero-order valence-corrected chi connectivity index (χ0v) is 13.8. The molecule has 0 heterocycles. The van der Waals surface area contributed by atoms with Crippen LogP contribution in [0, 0.1) is 0 Å². The SMILES string of the molecule is CCC(CCS(=O)(=O)C(C)C)(CNC)c1ccccc1. The number of likely N-dealkylation sites (N-methyl/N-ethyl adjacent to an activating group) is 1. The van der Waals surface area contributed by atoms with Crippen molar-refractivity contribution in [3.05, 3.63) is 35.9 Å². The van der Waals surface area contributed by atoms with Gasteiger partial charge in [0.05, 0.1) is 11.0 Å². The van der Waals surface area contributed by atoms with Crippen LogP contribution in [0.3, 0.4) is 0 Å². The smallest absolute Gasteiger partial charge is 0.152 e. The Morgan fingerprint density at radius 2 is 1.80 bits per heavy atom. The molecule has 20 heavy (non-hydrogen) atoms. The van der Waals surface area contributed by atoms with Crippen molar-refractivity contribution in [1.29, 1.82) is 0 Å². The maximum atomic E-state index is 12.1. The van der Waals surface area contributed by atoms with Gasteiger partial charge >= 0.3 is 0 Å². The first kappa shape index (κ1) is 17.2. The van der Waals surface area contributed by atoms with Crippen LogP contribution in [0.4, 0.5) is 0 Å². The van der Waals surface area contributed by atoms with E-state index in [1.165, 1.54) is 5.56 Å². The molecule has 0 aliphatic rings. The largest absolute Gasteiger partial charge is 0.319 e. The molecule has 0 saturated carbocycles. The number of hydrogen-bond acceptors (Lipinski definition) is 3. The van der Waals surface area contributed by atoms with Gasteiger partial charge in [0.15, 0.2) is 9.84 Å². The highest BCUT2D eigenvalue weighted by atomic mass is 32.2. The van der Waals surface area contributed by atoms with Crippen molar-refractivity contribution >= 4 is 9.84 Å². The molecule has 114 valence electrons. The lowest BCUT2D eigenvalue weighted by Crippen LogP contribution is -2.38. The normalized spacial score (nSPS) is 15.2. The van der Waals surface area contributed by atoms with Crippen LogP contribution in [0.1, 0.15) is 39.2 Å². The van der Waals surface area contributed by atoms with Crippen LogP contribution in [0.2, 0.25) is 0 Å². The Labute approximate surface area is 123 Å². The first-order valence-corrected chi connectivity index (χ1v) is 9.01. The summed E-state index contributed by atoms with van der Waals surface area (Å²) in [5.74, 6) is 0.245. The van der Waals surface area contributed by atoms with Gasteiger partial charge in [0.1, 0.15) is 0 Å². The van der Waals surface area contributed by atoms with E-state index in [0.717, 1.165) is 13.0 Å². The van der Waals surface area contributed by atoms with Crippen LogP contribution in [-0.4, -0.2) is 33.0 Å². The number of hydrogen-bond donors (Lipinski definition) is 1. The summed E-state index contributed by atoms with van der Waals surface area (Å²) in [6.07, 6.45) is 1.58. The van der Waals surface area contributed by atoms with E-state index in [-0.39, 0.29) is 16.4 Å². The van der Waals surface area contributed by atoms with E-state index in [2.05, 4.69) is 24.4 Å². The highest BCUT2D eigenvalue weighted by Crippen LogP contribution is 2.32. The van der Waals surface area contributed by atoms with Crippen LogP contribution in [-0.2, 0) is 15.3 Å². The Bertz CT molecular complexity index is 496. The first-order valence-electron chi connectivity index (χ1n) is 7.29. The predicted octanol–water partition coefficient (Wildman–Crippen LogP) is 2.77. The summed E-state index contributed by atoms with van der Waals surface area (Å²) in [4.78, 5) is 0. The van der Waals surface area contributed by atoms with Crippen molar-refractivity contribution in [2.75, 3.05) is 19.3 Å². The molecule has 0 radical (unpaired) electrons. The molecular weight excluding hydrogens is 270 g/mol. The number of sulfone groups is 1. The summed E-state index contributed by atoms with van der Waals surface area (Å²) in [6.45, 7) is 6.43. The lowest BCUT2D eigenvalue weighted by Gasteiger charge is -2.33. The third kappa shape index (κ3) is 4.06. The summed E-state index contributed by atoms with van der Waals surface area (Å²) in [5, 5.41) is 2.93. The molecule has 1 aromatic rings. The standard InChI is InChI=1S/C16H27NO2S/c1-5-16(13-17-4,15-9-7-6-8-10-15)11-12-20(18,19)14(2)3/h6-10,14,17H,5,11-13H2,1-4H3. The van der Waals surface area contributed by atoms with E-state index in [0.29, 0.717) is 6.42 Å². The molecule has 1 rings (SSSR count). The fourth-order valence-corrected chi connectivity index (χ4v) is 3.69. The molecular formula is C16H27NO2S. The molecule has 0 bridgehead atoms. The molecule has 1 atom stereocenters. The van der Waals surface area contributed by atoms with E-state index in [4.69, 9.17) is 0 Å². The van der Waals surface area contributed by atoms with Crippen molar-refractivity contribution in [1.82, 2.24) is 5.32 Å². The van der Waals surface area contributed by atoms with E-state index in [9.17, 15) is 8.42 Å². The quantitative estimate of drug-likeness (QED) is 0.802. The number of nitrogens with one attached hydrogen (secondary N) is 1. The van der Waals surface area contributed by atoms with Crippen LogP contribution in [0.25, 0.3) is 0 Å². The lowest BCUT2D eigenvalue weighted by atomic mass is 9.76. The van der Waals surface area contributed by atoms with Gasteiger partial charge in [0, 0.05) is 12.0 Å². The molecule has 1 aromatic carbocycles. The third-order valence-corrected chi connectivity index (χ3v) is 6.37. The highest BCUT2D eigenvalue weighted by Gasteiger charge is 2.32. The number of benzene rings is 1. The molecule has 1 N–H and O–H groups in total. The summed E-state index contributed by atoms with van der Waals surface area (Å²) >= 11 is 0. The molecule has 1 unspecified atom stereocenters. The number of rotatable bonds is 8. The lowest BCUT2D eigenvalue weighted by molar-refractivity contribution is 0.380. The van der Waals surface area contributed by atoms with Gasteiger partial charge in [-0.2, -0.15) is 0 Å². The Hall–Kier alpha value is -0.870. The van der Waals surface area contributed by atoms with E-state index in [1.807, 2.05) is 25.2 Å². The van der Waals surface area contributed by atoms with Gasteiger partial charge in [-0.3, -0.25) is 0 Å². The zero-order chi connectivity index (χ0) is 15.2. The fourth-order valence-electron chi connectivity index (χ4n) is 2.54. The van der Waals surface area contributed by atoms with Crippen LogP contribution >= 0.6 is 0 Å².